The minimum absolute atomic E-state index is 0.0868. The van der Waals surface area contributed by atoms with Crippen LogP contribution in [0.1, 0.15) is 11.1 Å². The largest absolute Gasteiger partial charge is 0.507 e. The predicted molar refractivity (Wildman–Crippen MR) is 38.2 cm³/mol. The van der Waals surface area contributed by atoms with Crippen molar-refractivity contribution in [3.8, 4) is 5.75 Å². The topological polar surface area (TPSA) is 53.1 Å². The molecular weight excluding hydrogens is 130 g/mol. The van der Waals surface area contributed by atoms with Gasteiger partial charge in [0.05, 0.1) is 5.56 Å². The van der Waals surface area contributed by atoms with E-state index in [9.17, 15) is 4.79 Å². The summed E-state index contributed by atoms with van der Waals surface area (Å²) in [6.07, 6.45) is 1.49. The van der Waals surface area contributed by atoms with Crippen molar-refractivity contribution in [3.05, 3.63) is 27.7 Å². The second-order valence-corrected chi connectivity index (χ2v) is 2.27. The number of hydrogen-bond donors (Lipinski definition) is 2. The molecule has 54 valence electrons. The number of aromatic hydroxyl groups is 1. The molecule has 0 unspecified atom stereocenters. The van der Waals surface area contributed by atoms with Gasteiger partial charge in [-0.2, -0.15) is 0 Å². The van der Waals surface area contributed by atoms with Crippen molar-refractivity contribution in [1.82, 2.24) is 4.98 Å². The molecule has 0 saturated heterocycles. The average Bonchev–Trinajstić information content (AvgIpc) is 1.93. The molecule has 3 heteroatoms. The van der Waals surface area contributed by atoms with E-state index in [-0.39, 0.29) is 11.3 Å². The van der Waals surface area contributed by atoms with Crippen LogP contribution in [-0.2, 0) is 0 Å². The Morgan fingerprint density at radius 1 is 1.50 bits per heavy atom. The molecule has 0 aliphatic heterocycles. The third-order valence-corrected chi connectivity index (χ3v) is 1.49. The normalized spacial score (nSPS) is 9.80. The first-order valence-corrected chi connectivity index (χ1v) is 3.01. The molecule has 0 aromatic carbocycles. The summed E-state index contributed by atoms with van der Waals surface area (Å²) in [6, 6.07) is 0. The second kappa shape index (κ2) is 2.17. The van der Waals surface area contributed by atoms with E-state index in [0.29, 0.717) is 11.1 Å². The first-order valence-electron chi connectivity index (χ1n) is 3.01. The van der Waals surface area contributed by atoms with Crippen molar-refractivity contribution < 1.29 is 5.11 Å². The van der Waals surface area contributed by atoms with Crippen LogP contribution in [0.4, 0.5) is 0 Å². The molecular formula is C7H9NO2. The van der Waals surface area contributed by atoms with Crippen molar-refractivity contribution in [2.24, 2.45) is 0 Å². The minimum Gasteiger partial charge on any atom is -0.507 e. The Morgan fingerprint density at radius 3 is 2.60 bits per heavy atom. The van der Waals surface area contributed by atoms with E-state index >= 15 is 0 Å². The van der Waals surface area contributed by atoms with Gasteiger partial charge in [0.1, 0.15) is 5.75 Å². The highest BCUT2D eigenvalue weighted by atomic mass is 16.3. The molecule has 2 N–H and O–H groups in total. The molecule has 0 fully saturated rings. The van der Waals surface area contributed by atoms with Crippen LogP contribution in [0.5, 0.6) is 5.75 Å². The zero-order valence-corrected chi connectivity index (χ0v) is 5.93. The van der Waals surface area contributed by atoms with Gasteiger partial charge >= 0.3 is 0 Å². The summed E-state index contributed by atoms with van der Waals surface area (Å²) in [4.78, 5) is 13.3. The second-order valence-electron chi connectivity index (χ2n) is 2.27. The molecule has 0 saturated carbocycles. The van der Waals surface area contributed by atoms with Gasteiger partial charge in [-0.15, -0.1) is 0 Å². The molecule has 1 aromatic rings. The summed E-state index contributed by atoms with van der Waals surface area (Å²) >= 11 is 0. The van der Waals surface area contributed by atoms with Gasteiger partial charge in [-0.1, -0.05) is 0 Å². The number of nitrogens with one attached hydrogen (secondary N) is 1. The minimum atomic E-state index is -0.233. The monoisotopic (exact) mass is 139 g/mol. The summed E-state index contributed by atoms with van der Waals surface area (Å²) in [5, 5.41) is 9.17. The number of aromatic nitrogens is 1. The number of aryl methyl sites for hydroxylation is 1. The maximum Gasteiger partial charge on any atom is 0.254 e. The Hall–Kier alpha value is -1.25. The summed E-state index contributed by atoms with van der Waals surface area (Å²) in [7, 11) is 0. The van der Waals surface area contributed by atoms with Crippen LogP contribution in [-0.4, -0.2) is 10.1 Å². The fourth-order valence-electron chi connectivity index (χ4n) is 0.754. The fourth-order valence-corrected chi connectivity index (χ4v) is 0.754. The number of hydrogen-bond acceptors (Lipinski definition) is 2. The molecule has 0 atom stereocenters. The summed E-state index contributed by atoms with van der Waals surface area (Å²) in [5.41, 5.74) is 0.834. The highest BCUT2D eigenvalue weighted by molar-refractivity contribution is 5.34. The Morgan fingerprint density at radius 2 is 2.10 bits per heavy atom. The number of rotatable bonds is 0. The van der Waals surface area contributed by atoms with Crippen molar-refractivity contribution in [2.75, 3.05) is 0 Å². The third kappa shape index (κ3) is 0.900. The Kier molecular flexibility index (Phi) is 1.49. The van der Waals surface area contributed by atoms with Gasteiger partial charge in [-0.3, -0.25) is 4.79 Å². The van der Waals surface area contributed by atoms with E-state index in [0.717, 1.165) is 0 Å². The van der Waals surface area contributed by atoms with Crippen LogP contribution in [0.25, 0.3) is 0 Å². The number of aromatic amines is 1. The van der Waals surface area contributed by atoms with Gasteiger partial charge in [0.25, 0.3) is 5.56 Å². The van der Waals surface area contributed by atoms with E-state index < -0.39 is 0 Å². The molecule has 1 rings (SSSR count). The highest BCUT2D eigenvalue weighted by Crippen LogP contribution is 2.14. The van der Waals surface area contributed by atoms with Crippen LogP contribution < -0.4 is 5.56 Å². The van der Waals surface area contributed by atoms with E-state index in [2.05, 4.69) is 4.98 Å². The van der Waals surface area contributed by atoms with Gasteiger partial charge in [-0.05, 0) is 13.8 Å². The Labute approximate surface area is 58.3 Å². The SMILES string of the molecule is Cc1c[nH]c(=O)c(C)c1O. The first kappa shape index (κ1) is 6.86. The molecule has 3 nitrogen and oxygen atoms in total. The average molecular weight is 139 g/mol. The summed E-state index contributed by atoms with van der Waals surface area (Å²) in [6.45, 7) is 3.32. The number of H-pyrrole nitrogens is 1. The van der Waals surface area contributed by atoms with Crippen LogP contribution in [0.15, 0.2) is 11.0 Å². The lowest BCUT2D eigenvalue weighted by Crippen LogP contribution is -2.08. The zero-order chi connectivity index (χ0) is 7.72. The highest BCUT2D eigenvalue weighted by Gasteiger charge is 2.01. The Balaban J connectivity index is 3.49. The van der Waals surface area contributed by atoms with Gasteiger partial charge in [0, 0.05) is 11.8 Å². The van der Waals surface area contributed by atoms with Crippen LogP contribution in [0.3, 0.4) is 0 Å². The van der Waals surface area contributed by atoms with Gasteiger partial charge in [0.15, 0.2) is 0 Å². The zero-order valence-electron chi connectivity index (χ0n) is 5.93. The molecule has 0 aliphatic rings. The van der Waals surface area contributed by atoms with E-state index in [4.69, 9.17) is 5.11 Å². The molecule has 1 aromatic heterocycles. The molecule has 10 heavy (non-hydrogen) atoms. The van der Waals surface area contributed by atoms with Crippen LogP contribution in [0.2, 0.25) is 0 Å². The fraction of sp³-hybridized carbons (Fsp3) is 0.286. The third-order valence-electron chi connectivity index (χ3n) is 1.49. The lowest BCUT2D eigenvalue weighted by molar-refractivity contribution is 0.465. The molecule has 0 aliphatic carbocycles. The summed E-state index contributed by atoms with van der Waals surface area (Å²) < 4.78 is 0. The van der Waals surface area contributed by atoms with Crippen molar-refractivity contribution >= 4 is 0 Å². The van der Waals surface area contributed by atoms with Crippen molar-refractivity contribution in [1.29, 1.82) is 0 Å². The quantitative estimate of drug-likeness (QED) is 0.555. The van der Waals surface area contributed by atoms with E-state index in [1.165, 1.54) is 6.20 Å². The van der Waals surface area contributed by atoms with Crippen LogP contribution in [0, 0.1) is 13.8 Å². The Bertz CT molecular complexity index is 301. The van der Waals surface area contributed by atoms with Gasteiger partial charge < -0.3 is 10.1 Å². The maximum atomic E-state index is 10.8. The lowest BCUT2D eigenvalue weighted by Gasteiger charge is -1.98. The lowest BCUT2D eigenvalue weighted by atomic mass is 10.2. The smallest absolute Gasteiger partial charge is 0.254 e. The van der Waals surface area contributed by atoms with Gasteiger partial charge in [0.2, 0.25) is 0 Å². The summed E-state index contributed by atoms with van der Waals surface area (Å²) in [5.74, 6) is 0.0868. The molecule has 0 bridgehead atoms. The molecule has 1 heterocycles. The predicted octanol–water partition coefficient (Wildman–Crippen LogP) is 0.697. The van der Waals surface area contributed by atoms with Crippen molar-refractivity contribution in [2.45, 2.75) is 13.8 Å². The number of pyridine rings is 1. The van der Waals surface area contributed by atoms with Crippen molar-refractivity contribution in [3.63, 3.8) is 0 Å². The van der Waals surface area contributed by atoms with E-state index in [1.54, 1.807) is 13.8 Å². The van der Waals surface area contributed by atoms with Crippen LogP contribution >= 0.6 is 0 Å². The molecule has 0 radical (unpaired) electrons. The molecule has 0 spiro atoms. The van der Waals surface area contributed by atoms with Gasteiger partial charge in [-0.25, -0.2) is 0 Å². The first-order chi connectivity index (χ1) is 4.63. The standard InChI is InChI=1S/C7H9NO2/c1-4-3-8-7(10)5(2)6(4)9/h3H,1-2H3,(H2,8,9,10). The maximum absolute atomic E-state index is 10.8. The van der Waals surface area contributed by atoms with E-state index in [1.807, 2.05) is 0 Å². The molecule has 0 amide bonds.